The number of aliphatic hydroxyl groups is 1. The van der Waals surface area contributed by atoms with Gasteiger partial charge in [-0.25, -0.2) is 0 Å². The second-order valence-electron chi connectivity index (χ2n) is 4.11. The topological polar surface area (TPSA) is 73.9 Å². The van der Waals surface area contributed by atoms with Gasteiger partial charge in [-0.2, -0.15) is 0 Å². The van der Waals surface area contributed by atoms with E-state index in [9.17, 15) is 5.11 Å². The molecule has 1 aromatic carbocycles. The predicted molar refractivity (Wildman–Crippen MR) is 69.0 cm³/mol. The molecule has 0 bridgehead atoms. The first-order chi connectivity index (χ1) is 8.58. The molecule has 0 aromatic heterocycles. The number of benzene rings is 1. The van der Waals surface area contributed by atoms with Crippen LogP contribution in [0.25, 0.3) is 0 Å². The molecular weight excluding hydrogens is 234 g/mol. The van der Waals surface area contributed by atoms with E-state index < -0.39 is 6.10 Å². The minimum atomic E-state index is -0.665. The quantitative estimate of drug-likeness (QED) is 0.763. The molecule has 1 rings (SSSR count). The highest BCUT2D eigenvalue weighted by Gasteiger charge is 2.12. The zero-order valence-electron chi connectivity index (χ0n) is 11.1. The normalized spacial score (nSPS) is 14.1. The summed E-state index contributed by atoms with van der Waals surface area (Å²) < 4.78 is 15.5. The SMILES string of the molecule is COCC(O)COc1cc(OC)ccc1[C@@H](C)N. The fraction of sp³-hybridized carbons (Fsp3) is 0.538. The Hall–Kier alpha value is -1.30. The molecule has 3 N–H and O–H groups in total. The van der Waals surface area contributed by atoms with Crippen LogP contribution in [0, 0.1) is 0 Å². The minimum absolute atomic E-state index is 0.148. The molecule has 0 spiro atoms. The zero-order valence-corrected chi connectivity index (χ0v) is 11.1. The van der Waals surface area contributed by atoms with Crippen LogP contribution in [0.5, 0.6) is 11.5 Å². The van der Waals surface area contributed by atoms with Crippen LogP contribution in [0.4, 0.5) is 0 Å². The molecule has 0 saturated heterocycles. The van der Waals surface area contributed by atoms with Crippen LogP contribution in [0.15, 0.2) is 18.2 Å². The number of hydrogen-bond acceptors (Lipinski definition) is 5. The molecule has 0 amide bonds. The molecule has 1 aromatic rings. The predicted octanol–water partition coefficient (Wildman–Crippen LogP) is 1.10. The molecule has 0 heterocycles. The molecule has 102 valence electrons. The standard InChI is InChI=1S/C13H21NO4/c1-9(14)12-5-4-11(17-3)6-13(12)18-8-10(15)7-16-2/h4-6,9-10,15H,7-8,14H2,1-3H3/t9-,10?/m1/s1. The number of ether oxygens (including phenoxy) is 3. The molecule has 0 aliphatic heterocycles. The van der Waals surface area contributed by atoms with E-state index in [0.29, 0.717) is 11.5 Å². The number of hydrogen-bond donors (Lipinski definition) is 2. The zero-order chi connectivity index (χ0) is 13.5. The van der Waals surface area contributed by atoms with Crippen LogP contribution in [0.1, 0.15) is 18.5 Å². The minimum Gasteiger partial charge on any atom is -0.497 e. The summed E-state index contributed by atoms with van der Waals surface area (Å²) >= 11 is 0. The van der Waals surface area contributed by atoms with E-state index in [2.05, 4.69) is 0 Å². The lowest BCUT2D eigenvalue weighted by molar-refractivity contribution is 0.0322. The average Bonchev–Trinajstić information content (AvgIpc) is 2.36. The van der Waals surface area contributed by atoms with Crippen LogP contribution in [0.3, 0.4) is 0 Å². The summed E-state index contributed by atoms with van der Waals surface area (Å²) in [4.78, 5) is 0. The number of nitrogens with two attached hydrogens (primary N) is 1. The monoisotopic (exact) mass is 255 g/mol. The number of rotatable bonds is 7. The van der Waals surface area contributed by atoms with E-state index in [1.54, 1.807) is 13.2 Å². The van der Waals surface area contributed by atoms with Crippen molar-refractivity contribution in [1.82, 2.24) is 0 Å². The Labute approximate surface area is 107 Å². The molecule has 0 aliphatic carbocycles. The Kier molecular flexibility index (Phi) is 5.91. The molecule has 0 radical (unpaired) electrons. The molecule has 0 aliphatic rings. The third kappa shape index (κ3) is 4.18. The van der Waals surface area contributed by atoms with Crippen LogP contribution in [-0.4, -0.2) is 38.6 Å². The van der Waals surface area contributed by atoms with E-state index in [1.807, 2.05) is 19.1 Å². The largest absolute Gasteiger partial charge is 0.497 e. The smallest absolute Gasteiger partial charge is 0.127 e. The van der Waals surface area contributed by atoms with Crippen molar-refractivity contribution < 1.29 is 19.3 Å². The Morgan fingerprint density at radius 3 is 2.56 bits per heavy atom. The first-order valence-electron chi connectivity index (χ1n) is 5.81. The van der Waals surface area contributed by atoms with Crippen molar-refractivity contribution in [1.29, 1.82) is 0 Å². The van der Waals surface area contributed by atoms with Crippen molar-refractivity contribution in [3.63, 3.8) is 0 Å². The lowest BCUT2D eigenvalue weighted by Gasteiger charge is -2.17. The molecule has 1 unspecified atom stereocenters. The molecule has 0 fully saturated rings. The Bertz CT molecular complexity index is 368. The van der Waals surface area contributed by atoms with Crippen molar-refractivity contribution in [3.8, 4) is 11.5 Å². The highest BCUT2D eigenvalue weighted by molar-refractivity contribution is 5.42. The van der Waals surface area contributed by atoms with Gasteiger partial charge in [0.15, 0.2) is 0 Å². The molecule has 0 saturated carbocycles. The average molecular weight is 255 g/mol. The van der Waals surface area contributed by atoms with Gasteiger partial charge in [0.25, 0.3) is 0 Å². The van der Waals surface area contributed by atoms with E-state index in [0.717, 1.165) is 5.56 Å². The van der Waals surface area contributed by atoms with Crippen molar-refractivity contribution in [2.24, 2.45) is 5.73 Å². The van der Waals surface area contributed by atoms with E-state index in [1.165, 1.54) is 7.11 Å². The second-order valence-corrected chi connectivity index (χ2v) is 4.11. The summed E-state index contributed by atoms with van der Waals surface area (Å²) in [5.74, 6) is 1.31. The second kappa shape index (κ2) is 7.20. The van der Waals surface area contributed by atoms with Gasteiger partial charge in [-0.3, -0.25) is 0 Å². The van der Waals surface area contributed by atoms with Crippen molar-refractivity contribution in [2.75, 3.05) is 27.4 Å². The molecule has 5 heteroatoms. The van der Waals surface area contributed by atoms with Gasteiger partial charge in [-0.05, 0) is 13.0 Å². The summed E-state index contributed by atoms with van der Waals surface area (Å²) in [5.41, 5.74) is 6.74. The van der Waals surface area contributed by atoms with Crippen molar-refractivity contribution in [2.45, 2.75) is 19.1 Å². The summed E-state index contributed by atoms with van der Waals surface area (Å²) in [7, 11) is 3.12. The first kappa shape index (κ1) is 14.8. The van der Waals surface area contributed by atoms with E-state index in [-0.39, 0.29) is 19.3 Å². The summed E-state index contributed by atoms with van der Waals surface area (Å²) in [6.45, 7) is 2.26. The first-order valence-corrected chi connectivity index (χ1v) is 5.81. The van der Waals surface area contributed by atoms with Gasteiger partial charge in [0.05, 0.1) is 13.7 Å². The highest BCUT2D eigenvalue weighted by Crippen LogP contribution is 2.28. The lowest BCUT2D eigenvalue weighted by Crippen LogP contribution is -2.23. The van der Waals surface area contributed by atoms with Crippen LogP contribution in [-0.2, 0) is 4.74 Å². The van der Waals surface area contributed by atoms with E-state index in [4.69, 9.17) is 19.9 Å². The van der Waals surface area contributed by atoms with E-state index >= 15 is 0 Å². The van der Waals surface area contributed by atoms with Crippen molar-refractivity contribution in [3.05, 3.63) is 23.8 Å². The van der Waals surface area contributed by atoms with Gasteiger partial charge in [-0.1, -0.05) is 6.07 Å². The van der Waals surface area contributed by atoms with Crippen LogP contribution >= 0.6 is 0 Å². The maximum absolute atomic E-state index is 9.55. The number of aliphatic hydroxyl groups excluding tert-OH is 1. The van der Waals surface area contributed by atoms with Crippen molar-refractivity contribution >= 4 is 0 Å². The summed E-state index contributed by atoms with van der Waals surface area (Å²) in [5, 5.41) is 9.55. The van der Waals surface area contributed by atoms with Gasteiger partial charge in [-0.15, -0.1) is 0 Å². The summed E-state index contributed by atoms with van der Waals surface area (Å²) in [6.07, 6.45) is -0.665. The molecule has 18 heavy (non-hydrogen) atoms. The fourth-order valence-electron chi connectivity index (χ4n) is 1.57. The van der Waals surface area contributed by atoms with Crippen LogP contribution in [0.2, 0.25) is 0 Å². The Morgan fingerprint density at radius 2 is 2.00 bits per heavy atom. The Morgan fingerprint density at radius 1 is 1.28 bits per heavy atom. The maximum Gasteiger partial charge on any atom is 0.127 e. The molecule has 2 atom stereocenters. The molecular formula is C13H21NO4. The third-order valence-corrected chi connectivity index (χ3v) is 2.50. The highest BCUT2D eigenvalue weighted by atomic mass is 16.5. The number of methoxy groups -OCH3 is 2. The van der Waals surface area contributed by atoms with Gasteiger partial charge in [0.2, 0.25) is 0 Å². The molecule has 5 nitrogen and oxygen atoms in total. The maximum atomic E-state index is 9.55. The van der Waals surface area contributed by atoms with Gasteiger partial charge >= 0.3 is 0 Å². The lowest BCUT2D eigenvalue weighted by atomic mass is 10.1. The fourth-order valence-corrected chi connectivity index (χ4v) is 1.57. The van der Waals surface area contributed by atoms with Gasteiger partial charge in [0.1, 0.15) is 24.2 Å². The summed E-state index contributed by atoms with van der Waals surface area (Å²) in [6, 6.07) is 5.31. The third-order valence-electron chi connectivity index (χ3n) is 2.50. The van der Waals surface area contributed by atoms with Crippen LogP contribution < -0.4 is 15.2 Å². The van der Waals surface area contributed by atoms with Gasteiger partial charge in [0, 0.05) is 24.8 Å². The van der Waals surface area contributed by atoms with Gasteiger partial charge < -0.3 is 25.1 Å². The Balaban J connectivity index is 2.77.